The van der Waals surface area contributed by atoms with Crippen LogP contribution in [0.1, 0.15) is 25.5 Å². The summed E-state index contributed by atoms with van der Waals surface area (Å²) in [5.41, 5.74) is 0.177. The fourth-order valence-corrected chi connectivity index (χ4v) is 1.56. The average molecular weight is 240 g/mol. The molecule has 1 atom stereocenters. The quantitative estimate of drug-likeness (QED) is 0.604. The van der Waals surface area contributed by atoms with E-state index in [4.69, 9.17) is 4.74 Å². The molecule has 17 heavy (non-hydrogen) atoms. The number of aromatic nitrogens is 1. The van der Waals surface area contributed by atoms with Gasteiger partial charge in [0.2, 0.25) is 5.88 Å². The van der Waals surface area contributed by atoms with Gasteiger partial charge in [0.25, 0.3) is 5.69 Å². The molecule has 1 unspecified atom stereocenters. The van der Waals surface area contributed by atoms with Crippen molar-refractivity contribution in [1.82, 2.24) is 4.98 Å². The molecule has 1 heterocycles. The lowest BCUT2D eigenvalue weighted by atomic mass is 10.1. The van der Waals surface area contributed by atoms with Gasteiger partial charge >= 0.3 is 0 Å². The predicted molar refractivity (Wildman–Crippen MR) is 62.1 cm³/mol. The van der Waals surface area contributed by atoms with E-state index in [9.17, 15) is 15.2 Å². The molecule has 6 nitrogen and oxygen atoms in total. The molecule has 0 fully saturated rings. The number of aliphatic hydroxyl groups excluding tert-OH is 1. The van der Waals surface area contributed by atoms with Gasteiger partial charge in [-0.2, -0.15) is 0 Å². The van der Waals surface area contributed by atoms with Crippen LogP contribution in [0, 0.1) is 10.1 Å². The third-order valence-corrected chi connectivity index (χ3v) is 2.38. The van der Waals surface area contributed by atoms with Crippen LogP contribution in [0.4, 0.5) is 5.69 Å². The predicted octanol–water partition coefficient (Wildman–Crippen LogP) is 1.70. The summed E-state index contributed by atoms with van der Waals surface area (Å²) in [6.07, 6.45) is 0.967. The molecule has 0 aliphatic rings. The first kappa shape index (κ1) is 13.4. The Bertz CT molecular complexity index is 395. The molecule has 0 bridgehead atoms. The topological polar surface area (TPSA) is 85.5 Å². The molecular weight excluding hydrogens is 224 g/mol. The van der Waals surface area contributed by atoms with Gasteiger partial charge in [-0.15, -0.1) is 0 Å². The molecule has 0 saturated heterocycles. The van der Waals surface area contributed by atoms with Crippen molar-refractivity contribution in [3.63, 3.8) is 0 Å². The van der Waals surface area contributed by atoms with Gasteiger partial charge in [-0.1, -0.05) is 13.3 Å². The summed E-state index contributed by atoms with van der Waals surface area (Å²) in [6, 6.07) is 2.79. The van der Waals surface area contributed by atoms with E-state index in [2.05, 4.69) is 4.98 Å². The molecule has 1 rings (SSSR count). The van der Waals surface area contributed by atoms with E-state index in [-0.39, 0.29) is 17.8 Å². The van der Waals surface area contributed by atoms with Gasteiger partial charge in [-0.25, -0.2) is 4.98 Å². The summed E-state index contributed by atoms with van der Waals surface area (Å²) in [4.78, 5) is 14.3. The first-order valence-electron chi connectivity index (χ1n) is 5.44. The van der Waals surface area contributed by atoms with Gasteiger partial charge in [0, 0.05) is 18.6 Å². The molecule has 94 valence electrons. The molecule has 1 N–H and O–H groups in total. The molecule has 0 aromatic carbocycles. The van der Waals surface area contributed by atoms with Crippen molar-refractivity contribution in [3.8, 4) is 5.88 Å². The van der Waals surface area contributed by atoms with Crippen LogP contribution in [-0.2, 0) is 6.42 Å². The molecule has 0 amide bonds. The Kier molecular flexibility index (Phi) is 4.84. The molecule has 0 aliphatic heterocycles. The molecule has 0 saturated carbocycles. The van der Waals surface area contributed by atoms with Crippen LogP contribution in [0.3, 0.4) is 0 Å². The van der Waals surface area contributed by atoms with Crippen molar-refractivity contribution in [3.05, 3.63) is 27.9 Å². The molecule has 1 aromatic heterocycles. The maximum Gasteiger partial charge on any atom is 0.291 e. The van der Waals surface area contributed by atoms with Gasteiger partial charge < -0.3 is 9.84 Å². The fraction of sp³-hybridized carbons (Fsp3) is 0.545. The van der Waals surface area contributed by atoms with E-state index in [1.54, 1.807) is 0 Å². The minimum absolute atomic E-state index is 0.0825. The lowest BCUT2D eigenvalue weighted by Gasteiger charge is -2.09. The van der Waals surface area contributed by atoms with Crippen molar-refractivity contribution >= 4 is 5.69 Å². The van der Waals surface area contributed by atoms with Crippen LogP contribution in [0.25, 0.3) is 0 Å². The third kappa shape index (κ3) is 3.67. The first-order chi connectivity index (χ1) is 8.08. The van der Waals surface area contributed by atoms with E-state index in [1.807, 2.05) is 6.92 Å². The van der Waals surface area contributed by atoms with Crippen molar-refractivity contribution < 1.29 is 14.8 Å². The number of aliphatic hydroxyl groups is 1. The Morgan fingerprint density at radius 1 is 1.59 bits per heavy atom. The van der Waals surface area contributed by atoms with Crippen LogP contribution < -0.4 is 4.74 Å². The summed E-state index contributed by atoms with van der Waals surface area (Å²) in [5, 5.41) is 20.5. The number of hydrogen-bond donors (Lipinski definition) is 1. The Morgan fingerprint density at radius 2 is 2.29 bits per heavy atom. The number of ether oxygens (including phenoxy) is 1. The van der Waals surface area contributed by atoms with Crippen LogP contribution in [0.2, 0.25) is 0 Å². The minimum Gasteiger partial charge on any atom is -0.481 e. The molecule has 0 spiro atoms. The van der Waals surface area contributed by atoms with E-state index < -0.39 is 11.0 Å². The van der Waals surface area contributed by atoms with E-state index in [0.29, 0.717) is 12.3 Å². The fourth-order valence-electron chi connectivity index (χ4n) is 1.56. The average Bonchev–Trinajstić information content (AvgIpc) is 2.28. The van der Waals surface area contributed by atoms with Crippen molar-refractivity contribution in [2.45, 2.75) is 32.3 Å². The minimum atomic E-state index is -0.613. The third-order valence-electron chi connectivity index (χ3n) is 2.38. The Balaban J connectivity index is 2.96. The second-order valence-electron chi connectivity index (χ2n) is 3.72. The second-order valence-corrected chi connectivity index (χ2v) is 3.72. The van der Waals surface area contributed by atoms with Gasteiger partial charge in [-0.05, 0) is 6.42 Å². The number of hydrogen-bond acceptors (Lipinski definition) is 5. The zero-order valence-corrected chi connectivity index (χ0v) is 9.92. The Labute approximate surface area is 99.4 Å². The molecular formula is C11H16N2O4. The Hall–Kier alpha value is -1.69. The van der Waals surface area contributed by atoms with Gasteiger partial charge in [0.15, 0.2) is 0 Å². The highest BCUT2D eigenvalue weighted by molar-refractivity contribution is 5.38. The summed E-state index contributed by atoms with van der Waals surface area (Å²) in [6.45, 7) is 1.94. The van der Waals surface area contributed by atoms with Gasteiger partial charge in [0.1, 0.15) is 5.69 Å². The standard InChI is InChI=1S/C11H16N2O4/c1-3-4-8(14)7-9-10(13(15)16)5-6-11(12-9)17-2/h5-6,8,14H,3-4,7H2,1-2H3. The number of nitrogens with zero attached hydrogens (tertiary/aromatic N) is 2. The molecule has 0 aliphatic carbocycles. The number of pyridine rings is 1. The molecule has 6 heteroatoms. The van der Waals surface area contributed by atoms with Crippen LogP contribution in [-0.4, -0.2) is 28.2 Å². The zero-order valence-electron chi connectivity index (χ0n) is 9.92. The second kappa shape index (κ2) is 6.15. The summed E-state index contributed by atoms with van der Waals surface area (Å²) in [5.74, 6) is 0.314. The smallest absolute Gasteiger partial charge is 0.291 e. The number of nitro groups is 1. The van der Waals surface area contributed by atoms with E-state index in [0.717, 1.165) is 6.42 Å². The summed E-state index contributed by atoms with van der Waals surface area (Å²) >= 11 is 0. The highest BCUT2D eigenvalue weighted by atomic mass is 16.6. The lowest BCUT2D eigenvalue weighted by molar-refractivity contribution is -0.386. The summed E-state index contributed by atoms with van der Waals surface area (Å²) in [7, 11) is 1.44. The highest BCUT2D eigenvalue weighted by Crippen LogP contribution is 2.22. The molecule has 1 aromatic rings. The largest absolute Gasteiger partial charge is 0.481 e. The van der Waals surface area contributed by atoms with Crippen molar-refractivity contribution in [2.24, 2.45) is 0 Å². The normalized spacial score (nSPS) is 12.2. The van der Waals surface area contributed by atoms with Crippen LogP contribution >= 0.6 is 0 Å². The van der Waals surface area contributed by atoms with E-state index >= 15 is 0 Å². The SMILES string of the molecule is CCCC(O)Cc1nc(OC)ccc1[N+](=O)[O-]. The first-order valence-corrected chi connectivity index (χ1v) is 5.44. The van der Waals surface area contributed by atoms with E-state index in [1.165, 1.54) is 19.2 Å². The summed E-state index contributed by atoms with van der Waals surface area (Å²) < 4.78 is 4.92. The number of methoxy groups -OCH3 is 1. The van der Waals surface area contributed by atoms with Gasteiger partial charge in [0.05, 0.1) is 18.1 Å². The maximum atomic E-state index is 10.8. The van der Waals surface area contributed by atoms with Crippen LogP contribution in [0.15, 0.2) is 12.1 Å². The highest BCUT2D eigenvalue weighted by Gasteiger charge is 2.19. The zero-order chi connectivity index (χ0) is 12.8. The Morgan fingerprint density at radius 3 is 2.82 bits per heavy atom. The lowest BCUT2D eigenvalue weighted by Crippen LogP contribution is -2.13. The maximum absolute atomic E-state index is 10.8. The van der Waals surface area contributed by atoms with Crippen LogP contribution in [0.5, 0.6) is 5.88 Å². The van der Waals surface area contributed by atoms with Crippen molar-refractivity contribution in [2.75, 3.05) is 7.11 Å². The molecule has 0 radical (unpaired) electrons. The number of rotatable bonds is 6. The van der Waals surface area contributed by atoms with Gasteiger partial charge in [-0.3, -0.25) is 10.1 Å². The monoisotopic (exact) mass is 240 g/mol. The van der Waals surface area contributed by atoms with Crippen molar-refractivity contribution in [1.29, 1.82) is 0 Å².